The standard InChI is InChI=1S/C23H20FN5O2/c1-16-6-2-5-9-21(16)25-22(30)14-29-27-23(26-28-29)17-10-12-19(13-11-17)31-15-18-7-3-4-8-20(18)24/h2-13H,14-15H2,1H3,(H,25,30). The molecule has 0 saturated carbocycles. The summed E-state index contributed by atoms with van der Waals surface area (Å²) in [5.41, 5.74) is 2.93. The van der Waals surface area contributed by atoms with Crippen LogP contribution in [0, 0.1) is 12.7 Å². The average Bonchev–Trinajstić information content (AvgIpc) is 3.23. The van der Waals surface area contributed by atoms with Crippen molar-refractivity contribution in [1.29, 1.82) is 0 Å². The van der Waals surface area contributed by atoms with Crippen LogP contribution >= 0.6 is 0 Å². The van der Waals surface area contributed by atoms with E-state index < -0.39 is 0 Å². The third-order valence-electron chi connectivity index (χ3n) is 4.62. The fraction of sp³-hybridized carbons (Fsp3) is 0.130. The molecule has 0 bridgehead atoms. The van der Waals surface area contributed by atoms with Crippen molar-refractivity contribution >= 4 is 11.6 Å². The number of amides is 1. The second-order valence-corrected chi connectivity index (χ2v) is 6.91. The van der Waals surface area contributed by atoms with Crippen molar-refractivity contribution in [1.82, 2.24) is 20.2 Å². The molecule has 156 valence electrons. The highest BCUT2D eigenvalue weighted by molar-refractivity contribution is 5.91. The zero-order chi connectivity index (χ0) is 21.6. The van der Waals surface area contributed by atoms with Crippen LogP contribution in [0.25, 0.3) is 11.4 Å². The van der Waals surface area contributed by atoms with Crippen LogP contribution in [0.15, 0.2) is 72.8 Å². The Morgan fingerprint density at radius 3 is 2.55 bits per heavy atom. The lowest BCUT2D eigenvalue weighted by molar-refractivity contribution is -0.117. The van der Waals surface area contributed by atoms with Gasteiger partial charge in [-0.15, -0.1) is 10.2 Å². The molecule has 0 aliphatic rings. The van der Waals surface area contributed by atoms with Gasteiger partial charge in [-0.05, 0) is 54.1 Å². The summed E-state index contributed by atoms with van der Waals surface area (Å²) in [7, 11) is 0. The monoisotopic (exact) mass is 417 g/mol. The Morgan fingerprint density at radius 1 is 1.03 bits per heavy atom. The van der Waals surface area contributed by atoms with E-state index in [2.05, 4.69) is 20.7 Å². The second kappa shape index (κ2) is 9.17. The highest BCUT2D eigenvalue weighted by Gasteiger charge is 2.11. The summed E-state index contributed by atoms with van der Waals surface area (Å²) < 4.78 is 19.3. The Bertz CT molecular complexity index is 1190. The molecule has 1 heterocycles. The van der Waals surface area contributed by atoms with Gasteiger partial charge < -0.3 is 10.1 Å². The van der Waals surface area contributed by atoms with Crippen molar-refractivity contribution in [2.75, 3.05) is 5.32 Å². The van der Waals surface area contributed by atoms with Crippen molar-refractivity contribution < 1.29 is 13.9 Å². The van der Waals surface area contributed by atoms with Gasteiger partial charge in [0.15, 0.2) is 0 Å². The molecule has 1 aromatic heterocycles. The summed E-state index contributed by atoms with van der Waals surface area (Å²) in [6, 6.07) is 21.1. The highest BCUT2D eigenvalue weighted by atomic mass is 19.1. The third-order valence-corrected chi connectivity index (χ3v) is 4.62. The molecule has 7 nitrogen and oxygen atoms in total. The fourth-order valence-corrected chi connectivity index (χ4v) is 2.93. The molecule has 1 amide bonds. The molecule has 0 saturated heterocycles. The van der Waals surface area contributed by atoms with Gasteiger partial charge in [-0.25, -0.2) is 4.39 Å². The third kappa shape index (κ3) is 5.11. The number of halogens is 1. The van der Waals surface area contributed by atoms with Gasteiger partial charge in [0.1, 0.15) is 24.7 Å². The van der Waals surface area contributed by atoms with Crippen molar-refractivity contribution in [3.05, 3.63) is 89.7 Å². The smallest absolute Gasteiger partial charge is 0.248 e. The molecule has 0 aliphatic carbocycles. The molecule has 4 rings (SSSR count). The summed E-state index contributed by atoms with van der Waals surface area (Å²) in [4.78, 5) is 13.5. The average molecular weight is 417 g/mol. The number of aromatic nitrogens is 4. The SMILES string of the molecule is Cc1ccccc1NC(=O)Cn1nnc(-c2ccc(OCc3ccccc3F)cc2)n1. The van der Waals surface area contributed by atoms with Crippen molar-refractivity contribution in [3.8, 4) is 17.1 Å². The topological polar surface area (TPSA) is 81.9 Å². The molecule has 31 heavy (non-hydrogen) atoms. The van der Waals surface area contributed by atoms with Crippen LogP contribution in [-0.4, -0.2) is 26.1 Å². The van der Waals surface area contributed by atoms with E-state index in [0.717, 1.165) is 16.8 Å². The van der Waals surface area contributed by atoms with Gasteiger partial charge in [0.05, 0.1) is 0 Å². The first-order valence-electron chi connectivity index (χ1n) is 9.68. The number of ether oxygens (including phenoxy) is 1. The van der Waals surface area contributed by atoms with E-state index in [-0.39, 0.29) is 24.9 Å². The number of hydrogen-bond donors (Lipinski definition) is 1. The van der Waals surface area contributed by atoms with Gasteiger partial charge in [-0.3, -0.25) is 4.79 Å². The van der Waals surface area contributed by atoms with Crippen molar-refractivity contribution in [2.45, 2.75) is 20.1 Å². The number of rotatable bonds is 7. The molecule has 4 aromatic rings. The van der Waals surface area contributed by atoms with Gasteiger partial charge in [0.2, 0.25) is 11.7 Å². The van der Waals surface area contributed by atoms with E-state index in [0.29, 0.717) is 17.1 Å². The molecule has 0 fully saturated rings. The van der Waals surface area contributed by atoms with E-state index >= 15 is 0 Å². The maximum atomic E-state index is 13.7. The summed E-state index contributed by atoms with van der Waals surface area (Å²) in [5.74, 6) is 0.447. The minimum Gasteiger partial charge on any atom is -0.489 e. The Balaban J connectivity index is 1.36. The lowest BCUT2D eigenvalue weighted by atomic mass is 10.2. The van der Waals surface area contributed by atoms with Gasteiger partial charge in [0.25, 0.3) is 0 Å². The van der Waals surface area contributed by atoms with Crippen LogP contribution in [0.4, 0.5) is 10.1 Å². The van der Waals surface area contributed by atoms with Crippen molar-refractivity contribution in [3.63, 3.8) is 0 Å². The summed E-state index contributed by atoms with van der Waals surface area (Å²) in [5, 5.41) is 15.1. The molecular weight excluding hydrogens is 397 g/mol. The number of carbonyl (C=O) groups is 1. The first-order valence-corrected chi connectivity index (χ1v) is 9.68. The molecule has 1 N–H and O–H groups in total. The molecule has 0 atom stereocenters. The van der Waals surface area contributed by atoms with Crippen LogP contribution in [0.1, 0.15) is 11.1 Å². The summed E-state index contributed by atoms with van der Waals surface area (Å²) in [6.45, 7) is 2.01. The van der Waals surface area contributed by atoms with E-state index in [1.54, 1.807) is 42.5 Å². The number of nitrogens with one attached hydrogen (secondary N) is 1. The number of hydrogen-bond acceptors (Lipinski definition) is 5. The molecule has 0 aliphatic heterocycles. The number of anilines is 1. The van der Waals surface area contributed by atoms with E-state index in [9.17, 15) is 9.18 Å². The predicted octanol–water partition coefficient (Wildman–Crippen LogP) is 4.01. The van der Waals surface area contributed by atoms with Crippen LogP contribution < -0.4 is 10.1 Å². The van der Waals surface area contributed by atoms with E-state index in [4.69, 9.17) is 4.74 Å². The largest absolute Gasteiger partial charge is 0.489 e. The molecule has 0 unspecified atom stereocenters. The number of aryl methyl sites for hydroxylation is 1. The highest BCUT2D eigenvalue weighted by Crippen LogP contribution is 2.20. The molecular formula is C23H20FN5O2. The number of benzene rings is 3. The lowest BCUT2D eigenvalue weighted by Crippen LogP contribution is -2.20. The van der Waals surface area contributed by atoms with Crippen LogP contribution in [0.3, 0.4) is 0 Å². The predicted molar refractivity (Wildman–Crippen MR) is 114 cm³/mol. The van der Waals surface area contributed by atoms with E-state index in [1.807, 2.05) is 31.2 Å². The lowest BCUT2D eigenvalue weighted by Gasteiger charge is -2.07. The van der Waals surface area contributed by atoms with Gasteiger partial charge in [0, 0.05) is 16.8 Å². The minimum absolute atomic E-state index is 0.0504. The van der Waals surface area contributed by atoms with Gasteiger partial charge in [-0.1, -0.05) is 36.4 Å². The summed E-state index contributed by atoms with van der Waals surface area (Å²) >= 11 is 0. The Labute approximate surface area is 178 Å². The Morgan fingerprint density at radius 2 is 1.77 bits per heavy atom. The first-order chi connectivity index (χ1) is 15.1. The zero-order valence-electron chi connectivity index (χ0n) is 16.8. The molecule has 0 radical (unpaired) electrons. The normalized spacial score (nSPS) is 10.6. The zero-order valence-corrected chi connectivity index (χ0v) is 16.8. The first kappa shape index (κ1) is 20.2. The summed E-state index contributed by atoms with van der Waals surface area (Å²) in [6.07, 6.45) is 0. The Hall–Kier alpha value is -4.07. The number of nitrogens with zero attached hydrogens (tertiary/aromatic N) is 4. The quantitative estimate of drug-likeness (QED) is 0.491. The van der Waals surface area contributed by atoms with Crippen LogP contribution in [0.2, 0.25) is 0 Å². The second-order valence-electron chi connectivity index (χ2n) is 6.91. The van der Waals surface area contributed by atoms with E-state index in [1.165, 1.54) is 10.9 Å². The minimum atomic E-state index is -0.300. The van der Waals surface area contributed by atoms with Crippen LogP contribution in [0.5, 0.6) is 5.75 Å². The van der Waals surface area contributed by atoms with Crippen LogP contribution in [-0.2, 0) is 17.9 Å². The van der Waals surface area contributed by atoms with Gasteiger partial charge in [-0.2, -0.15) is 4.80 Å². The number of carbonyl (C=O) groups excluding carboxylic acids is 1. The molecule has 3 aromatic carbocycles. The van der Waals surface area contributed by atoms with Crippen molar-refractivity contribution in [2.24, 2.45) is 0 Å². The maximum absolute atomic E-state index is 13.7. The number of tetrazole rings is 1. The molecule has 8 heteroatoms. The number of para-hydroxylation sites is 1. The fourth-order valence-electron chi connectivity index (χ4n) is 2.93. The molecule has 0 spiro atoms. The van der Waals surface area contributed by atoms with Gasteiger partial charge >= 0.3 is 0 Å². The maximum Gasteiger partial charge on any atom is 0.248 e. The Kier molecular flexibility index (Phi) is 5.98.